The molecule has 1 saturated heterocycles. The van der Waals surface area contributed by atoms with Crippen LogP contribution in [0.5, 0.6) is 0 Å². The average Bonchev–Trinajstić information content (AvgIpc) is 2.46. The van der Waals surface area contributed by atoms with E-state index in [1.807, 2.05) is 6.07 Å². The van der Waals surface area contributed by atoms with E-state index in [0.29, 0.717) is 5.56 Å². The van der Waals surface area contributed by atoms with Crippen molar-refractivity contribution >= 4 is 20.2 Å². The van der Waals surface area contributed by atoms with Crippen LogP contribution in [0.15, 0.2) is 29.2 Å². The van der Waals surface area contributed by atoms with Crippen LogP contribution in [-0.2, 0) is 20.2 Å². The Bertz CT molecular complexity index is 757. The van der Waals surface area contributed by atoms with E-state index in [2.05, 4.69) is 0 Å². The Kier molecular flexibility index (Phi) is 4.31. The maximum atomic E-state index is 12.4. The molecule has 0 aliphatic carbocycles. The molecule has 21 heavy (non-hydrogen) atoms. The summed E-state index contributed by atoms with van der Waals surface area (Å²) in [5, 5.41) is 13.7. The van der Waals surface area contributed by atoms with Crippen LogP contribution in [0.4, 0.5) is 0 Å². The number of rotatable bonds is 3. The minimum atomic E-state index is -3.79. The fraction of sp³-hybridized carbons (Fsp3) is 0.364. The Labute approximate surface area is 123 Å². The van der Waals surface area contributed by atoms with Crippen LogP contribution in [0.2, 0.25) is 0 Å². The second kappa shape index (κ2) is 5.70. The predicted molar refractivity (Wildman–Crippen MR) is 74.6 cm³/mol. The SMILES string of the molecule is N#Cc1ccc(S(=O)(=O)N2CCN(S(N)(=O)=O)CC2)cc1. The lowest BCUT2D eigenvalue weighted by atomic mass is 10.2. The van der Waals surface area contributed by atoms with Gasteiger partial charge in [-0.2, -0.15) is 22.3 Å². The quantitative estimate of drug-likeness (QED) is 0.766. The monoisotopic (exact) mass is 330 g/mol. The summed E-state index contributed by atoms with van der Waals surface area (Å²) in [6, 6.07) is 7.48. The van der Waals surface area contributed by atoms with Gasteiger partial charge in [-0.3, -0.25) is 0 Å². The average molecular weight is 330 g/mol. The highest BCUT2D eigenvalue weighted by molar-refractivity contribution is 7.89. The highest BCUT2D eigenvalue weighted by Crippen LogP contribution is 2.18. The number of hydrogen-bond donors (Lipinski definition) is 1. The van der Waals surface area contributed by atoms with Crippen molar-refractivity contribution in [3.8, 4) is 6.07 Å². The molecule has 1 aromatic rings. The number of nitrogens with zero attached hydrogens (tertiary/aromatic N) is 3. The van der Waals surface area contributed by atoms with Gasteiger partial charge in [-0.15, -0.1) is 0 Å². The number of sulfonamides is 1. The molecule has 10 heteroatoms. The first kappa shape index (κ1) is 15.9. The van der Waals surface area contributed by atoms with Crippen molar-refractivity contribution in [1.82, 2.24) is 8.61 Å². The molecule has 0 aromatic heterocycles. The third-order valence-corrected chi connectivity index (χ3v) is 6.18. The summed E-state index contributed by atoms with van der Waals surface area (Å²) in [5.41, 5.74) is 0.369. The topological polar surface area (TPSA) is 125 Å². The van der Waals surface area contributed by atoms with E-state index in [9.17, 15) is 16.8 Å². The minimum absolute atomic E-state index is 0.0222. The van der Waals surface area contributed by atoms with Gasteiger partial charge < -0.3 is 0 Å². The number of nitriles is 1. The molecule has 0 unspecified atom stereocenters. The van der Waals surface area contributed by atoms with E-state index in [-0.39, 0.29) is 31.1 Å². The van der Waals surface area contributed by atoms with Crippen molar-refractivity contribution < 1.29 is 16.8 Å². The van der Waals surface area contributed by atoms with Crippen molar-refractivity contribution in [3.05, 3.63) is 29.8 Å². The molecule has 0 spiro atoms. The fourth-order valence-corrected chi connectivity index (χ4v) is 4.11. The third kappa shape index (κ3) is 3.39. The lowest BCUT2D eigenvalue weighted by molar-refractivity contribution is 0.273. The fourth-order valence-electron chi connectivity index (χ4n) is 2.02. The molecule has 1 aromatic carbocycles. The van der Waals surface area contributed by atoms with Crippen LogP contribution >= 0.6 is 0 Å². The molecule has 1 aliphatic rings. The summed E-state index contributed by atoms with van der Waals surface area (Å²) < 4.78 is 49.4. The standard InChI is InChI=1S/C11H14N4O4S2/c12-9-10-1-3-11(4-2-10)20(16,17)14-5-7-15(8-6-14)21(13,18)19/h1-4H,5-8H2,(H2,13,18,19). The molecule has 0 atom stereocenters. The van der Waals surface area contributed by atoms with Crippen LogP contribution in [0.25, 0.3) is 0 Å². The van der Waals surface area contributed by atoms with Crippen LogP contribution in [-0.4, -0.2) is 51.6 Å². The van der Waals surface area contributed by atoms with Gasteiger partial charge in [0.2, 0.25) is 10.0 Å². The molecule has 1 fully saturated rings. The molecule has 1 aliphatic heterocycles. The van der Waals surface area contributed by atoms with Gasteiger partial charge in [0, 0.05) is 26.2 Å². The zero-order valence-electron chi connectivity index (χ0n) is 11.0. The highest BCUT2D eigenvalue weighted by atomic mass is 32.2. The third-order valence-electron chi connectivity index (χ3n) is 3.18. The second-order valence-corrected chi connectivity index (χ2v) is 7.97. The summed E-state index contributed by atoms with van der Waals surface area (Å²) in [5.74, 6) is 0. The molecule has 0 amide bonds. The van der Waals surface area contributed by atoms with Gasteiger partial charge in [-0.05, 0) is 24.3 Å². The van der Waals surface area contributed by atoms with E-state index < -0.39 is 20.2 Å². The number of hydrogen-bond acceptors (Lipinski definition) is 5. The van der Waals surface area contributed by atoms with Gasteiger partial charge in [0.25, 0.3) is 10.2 Å². The van der Waals surface area contributed by atoms with Crippen LogP contribution in [0.3, 0.4) is 0 Å². The van der Waals surface area contributed by atoms with E-state index in [4.69, 9.17) is 10.4 Å². The first-order chi connectivity index (χ1) is 9.75. The number of piperazine rings is 1. The Morgan fingerprint density at radius 2 is 1.43 bits per heavy atom. The Morgan fingerprint density at radius 1 is 0.952 bits per heavy atom. The summed E-state index contributed by atoms with van der Waals surface area (Å²) in [4.78, 5) is 0.0746. The van der Waals surface area contributed by atoms with E-state index in [1.54, 1.807) is 0 Å². The minimum Gasteiger partial charge on any atom is -0.216 e. The Balaban J connectivity index is 2.16. The lowest BCUT2D eigenvalue weighted by Crippen LogP contribution is -2.52. The van der Waals surface area contributed by atoms with Crippen molar-refractivity contribution in [1.29, 1.82) is 5.26 Å². The molecule has 0 saturated carbocycles. The zero-order chi connectivity index (χ0) is 15.7. The van der Waals surface area contributed by atoms with Gasteiger partial charge in [0.05, 0.1) is 16.5 Å². The molecule has 2 N–H and O–H groups in total. The maximum Gasteiger partial charge on any atom is 0.276 e. The maximum absolute atomic E-state index is 12.4. The van der Waals surface area contributed by atoms with Gasteiger partial charge in [-0.25, -0.2) is 13.6 Å². The van der Waals surface area contributed by atoms with Gasteiger partial charge in [0.1, 0.15) is 0 Å². The smallest absolute Gasteiger partial charge is 0.216 e. The normalized spacial score (nSPS) is 18.3. The first-order valence-corrected chi connectivity index (χ1v) is 8.97. The molecule has 0 radical (unpaired) electrons. The van der Waals surface area contributed by atoms with Gasteiger partial charge >= 0.3 is 0 Å². The lowest BCUT2D eigenvalue weighted by Gasteiger charge is -2.32. The van der Waals surface area contributed by atoms with E-state index in [1.165, 1.54) is 28.6 Å². The van der Waals surface area contributed by atoms with Crippen molar-refractivity contribution in [2.24, 2.45) is 5.14 Å². The first-order valence-electron chi connectivity index (χ1n) is 6.03. The molecular weight excluding hydrogens is 316 g/mol. The molecule has 114 valence electrons. The second-order valence-electron chi connectivity index (χ2n) is 4.48. The van der Waals surface area contributed by atoms with Gasteiger partial charge in [0.15, 0.2) is 0 Å². The summed E-state index contributed by atoms with van der Waals surface area (Å²) in [7, 11) is -7.49. The molecular formula is C11H14N4O4S2. The number of benzene rings is 1. The highest BCUT2D eigenvalue weighted by Gasteiger charge is 2.31. The van der Waals surface area contributed by atoms with Crippen molar-refractivity contribution in [2.75, 3.05) is 26.2 Å². The summed E-state index contributed by atoms with van der Waals surface area (Å²) in [6.07, 6.45) is 0. The van der Waals surface area contributed by atoms with Crippen LogP contribution < -0.4 is 5.14 Å². The zero-order valence-corrected chi connectivity index (χ0v) is 12.6. The summed E-state index contributed by atoms with van der Waals surface area (Å²) >= 11 is 0. The Morgan fingerprint density at radius 3 is 1.86 bits per heavy atom. The van der Waals surface area contributed by atoms with Crippen LogP contribution in [0, 0.1) is 11.3 Å². The Hall–Kier alpha value is -1.51. The number of nitrogens with two attached hydrogens (primary N) is 1. The van der Waals surface area contributed by atoms with E-state index in [0.717, 1.165) is 4.31 Å². The largest absolute Gasteiger partial charge is 0.276 e. The van der Waals surface area contributed by atoms with Crippen LogP contribution in [0.1, 0.15) is 5.56 Å². The predicted octanol–water partition coefficient (Wildman–Crippen LogP) is -0.932. The van der Waals surface area contributed by atoms with Crippen molar-refractivity contribution in [3.63, 3.8) is 0 Å². The summed E-state index contributed by atoms with van der Waals surface area (Å²) in [6.45, 7) is 0.125. The van der Waals surface area contributed by atoms with Gasteiger partial charge in [-0.1, -0.05) is 0 Å². The molecule has 0 bridgehead atoms. The molecule has 1 heterocycles. The molecule has 2 rings (SSSR count). The molecule has 8 nitrogen and oxygen atoms in total. The van der Waals surface area contributed by atoms with Crippen molar-refractivity contribution in [2.45, 2.75) is 4.90 Å². The van der Waals surface area contributed by atoms with E-state index >= 15 is 0 Å².